The Hall–Kier alpha value is -1.90. The Balaban J connectivity index is 2.20. The second kappa shape index (κ2) is 8.86. The first-order valence-corrected chi connectivity index (χ1v) is 10.7. The first-order valence-electron chi connectivity index (χ1n) is 8.40. The number of hydrogen-bond acceptors (Lipinski definition) is 4. The lowest BCUT2D eigenvalue weighted by atomic mass is 10.0. The van der Waals surface area contributed by atoms with Crippen LogP contribution in [0.3, 0.4) is 0 Å². The fourth-order valence-corrected chi connectivity index (χ4v) is 4.07. The number of carbonyl (C=O) groups excluding carboxylic acids is 1. The van der Waals surface area contributed by atoms with E-state index in [0.29, 0.717) is 5.69 Å². The minimum atomic E-state index is -3.95. The maximum absolute atomic E-state index is 12.8. The van der Waals surface area contributed by atoms with Crippen LogP contribution in [-0.4, -0.2) is 27.5 Å². The molecule has 0 aliphatic carbocycles. The molecule has 1 atom stereocenters. The molecule has 1 unspecified atom stereocenters. The van der Waals surface area contributed by atoms with Gasteiger partial charge >= 0.3 is 0 Å². The monoisotopic (exact) mass is 454 g/mol. The van der Waals surface area contributed by atoms with Gasteiger partial charge in [0.25, 0.3) is 0 Å². The van der Waals surface area contributed by atoms with E-state index in [4.69, 9.17) is 4.74 Å². The van der Waals surface area contributed by atoms with E-state index in [1.807, 2.05) is 19.9 Å². The highest BCUT2D eigenvalue weighted by Crippen LogP contribution is 2.28. The lowest BCUT2D eigenvalue weighted by Gasteiger charge is -2.17. The lowest BCUT2D eigenvalue weighted by molar-refractivity contribution is -0.117. The molecule has 2 N–H and O–H groups in total. The zero-order valence-electron chi connectivity index (χ0n) is 15.6. The van der Waals surface area contributed by atoms with E-state index in [2.05, 4.69) is 26.0 Å². The summed E-state index contributed by atoms with van der Waals surface area (Å²) in [5.74, 6) is -0.0738. The first kappa shape index (κ1) is 21.4. The van der Waals surface area contributed by atoms with E-state index < -0.39 is 22.0 Å². The predicted octanol–water partition coefficient (Wildman–Crippen LogP) is 3.89. The number of benzene rings is 2. The third kappa shape index (κ3) is 5.54. The smallest absolute Gasteiger partial charge is 0.244 e. The summed E-state index contributed by atoms with van der Waals surface area (Å²) in [4.78, 5) is 12.4. The van der Waals surface area contributed by atoms with Gasteiger partial charge in [-0.05, 0) is 54.8 Å². The van der Waals surface area contributed by atoms with E-state index >= 15 is 0 Å². The number of methoxy groups -OCH3 is 1. The Kier molecular flexibility index (Phi) is 7.02. The molecule has 0 saturated carbocycles. The van der Waals surface area contributed by atoms with Crippen molar-refractivity contribution in [3.63, 3.8) is 0 Å². The van der Waals surface area contributed by atoms with Crippen LogP contribution in [0.15, 0.2) is 51.8 Å². The SMILES string of the molecule is COc1ccc(C(C)C)cc1S(=O)(=O)NC(C)C(=O)Nc1ccc(Br)cc1. The highest BCUT2D eigenvalue weighted by atomic mass is 79.9. The molecule has 1 amide bonds. The van der Waals surface area contributed by atoms with Gasteiger partial charge in [-0.25, -0.2) is 8.42 Å². The molecular formula is C19H23BrN2O4S. The Morgan fingerprint density at radius 2 is 1.70 bits per heavy atom. The van der Waals surface area contributed by atoms with Crippen molar-refractivity contribution in [2.75, 3.05) is 12.4 Å². The topological polar surface area (TPSA) is 84.5 Å². The van der Waals surface area contributed by atoms with E-state index in [1.165, 1.54) is 14.0 Å². The second-order valence-corrected chi connectivity index (χ2v) is 9.00. The highest BCUT2D eigenvalue weighted by Gasteiger charge is 2.25. The van der Waals surface area contributed by atoms with Gasteiger partial charge in [-0.3, -0.25) is 4.79 Å². The Morgan fingerprint density at radius 1 is 1.07 bits per heavy atom. The number of sulfonamides is 1. The molecule has 27 heavy (non-hydrogen) atoms. The van der Waals surface area contributed by atoms with Gasteiger partial charge in [0.15, 0.2) is 0 Å². The van der Waals surface area contributed by atoms with E-state index in [-0.39, 0.29) is 16.6 Å². The number of halogens is 1. The average Bonchev–Trinajstić information content (AvgIpc) is 2.62. The molecule has 0 aliphatic rings. The molecule has 0 aliphatic heterocycles. The van der Waals surface area contributed by atoms with Crippen LogP contribution in [0.5, 0.6) is 5.75 Å². The summed E-state index contributed by atoms with van der Waals surface area (Å²) in [5, 5.41) is 2.68. The van der Waals surface area contributed by atoms with Crippen LogP contribution in [0.4, 0.5) is 5.69 Å². The number of amides is 1. The number of rotatable bonds is 7. The Labute approximate surface area is 168 Å². The van der Waals surface area contributed by atoms with Crippen molar-refractivity contribution >= 4 is 37.5 Å². The highest BCUT2D eigenvalue weighted by molar-refractivity contribution is 9.10. The van der Waals surface area contributed by atoms with Gasteiger partial charge in [-0.1, -0.05) is 35.8 Å². The number of anilines is 1. The average molecular weight is 455 g/mol. The van der Waals surface area contributed by atoms with Gasteiger partial charge in [0.1, 0.15) is 10.6 Å². The molecule has 2 aromatic carbocycles. The molecule has 0 fully saturated rings. The molecule has 8 heteroatoms. The molecule has 2 rings (SSSR count). The van der Waals surface area contributed by atoms with Crippen molar-refractivity contribution in [2.45, 2.75) is 37.6 Å². The summed E-state index contributed by atoms with van der Waals surface area (Å²) in [5.41, 5.74) is 1.44. The molecule has 146 valence electrons. The van der Waals surface area contributed by atoms with Crippen molar-refractivity contribution in [3.8, 4) is 5.75 Å². The molecule has 0 bridgehead atoms. The van der Waals surface area contributed by atoms with Gasteiger partial charge in [0, 0.05) is 10.2 Å². The third-order valence-electron chi connectivity index (χ3n) is 3.98. The van der Waals surface area contributed by atoms with Gasteiger partial charge in [0.05, 0.1) is 13.2 Å². The molecule has 2 aromatic rings. The zero-order valence-corrected chi connectivity index (χ0v) is 18.0. The molecule has 6 nitrogen and oxygen atoms in total. The van der Waals surface area contributed by atoms with E-state index in [9.17, 15) is 13.2 Å². The Bertz CT molecular complexity index is 912. The quantitative estimate of drug-likeness (QED) is 0.664. The van der Waals surface area contributed by atoms with Crippen molar-refractivity contribution in [3.05, 3.63) is 52.5 Å². The number of hydrogen-bond donors (Lipinski definition) is 2. The molecule has 0 radical (unpaired) electrons. The van der Waals surface area contributed by atoms with Crippen LogP contribution in [0.2, 0.25) is 0 Å². The third-order valence-corrected chi connectivity index (χ3v) is 6.07. The van der Waals surface area contributed by atoms with Gasteiger partial charge < -0.3 is 10.1 Å². The van der Waals surface area contributed by atoms with E-state index in [1.54, 1.807) is 36.4 Å². The standard InChI is InChI=1S/C19H23BrN2O4S/c1-12(2)14-5-10-17(26-4)18(11-14)27(24,25)22-13(3)19(23)21-16-8-6-15(20)7-9-16/h5-13,22H,1-4H3,(H,21,23). The number of ether oxygens (including phenoxy) is 1. The molecule has 0 aromatic heterocycles. The summed E-state index contributed by atoms with van der Waals surface area (Å²) < 4.78 is 34.1. The van der Waals surface area contributed by atoms with Crippen LogP contribution in [0.1, 0.15) is 32.3 Å². The van der Waals surface area contributed by atoms with Gasteiger partial charge in [-0.2, -0.15) is 4.72 Å². The van der Waals surface area contributed by atoms with Crippen LogP contribution in [0.25, 0.3) is 0 Å². The zero-order chi connectivity index (χ0) is 20.2. The number of carbonyl (C=O) groups is 1. The van der Waals surface area contributed by atoms with Gasteiger partial charge in [-0.15, -0.1) is 0 Å². The fraction of sp³-hybridized carbons (Fsp3) is 0.316. The van der Waals surface area contributed by atoms with Crippen molar-refractivity contribution in [1.29, 1.82) is 0 Å². The van der Waals surface area contributed by atoms with Crippen LogP contribution in [0, 0.1) is 0 Å². The van der Waals surface area contributed by atoms with Crippen LogP contribution < -0.4 is 14.8 Å². The largest absolute Gasteiger partial charge is 0.495 e. The summed E-state index contributed by atoms with van der Waals surface area (Å²) in [6.07, 6.45) is 0. The van der Waals surface area contributed by atoms with E-state index in [0.717, 1.165) is 10.0 Å². The maximum Gasteiger partial charge on any atom is 0.244 e. The summed E-state index contributed by atoms with van der Waals surface area (Å²) in [6.45, 7) is 5.43. The lowest BCUT2D eigenvalue weighted by Crippen LogP contribution is -2.41. The van der Waals surface area contributed by atoms with Crippen LogP contribution in [-0.2, 0) is 14.8 Å². The van der Waals surface area contributed by atoms with Crippen molar-refractivity contribution in [2.24, 2.45) is 0 Å². The molecule has 0 spiro atoms. The fourth-order valence-electron chi connectivity index (χ4n) is 2.40. The summed E-state index contributed by atoms with van der Waals surface area (Å²) in [7, 11) is -2.54. The van der Waals surface area contributed by atoms with Gasteiger partial charge in [0.2, 0.25) is 15.9 Å². The maximum atomic E-state index is 12.8. The van der Waals surface area contributed by atoms with Crippen molar-refractivity contribution in [1.82, 2.24) is 4.72 Å². The summed E-state index contributed by atoms with van der Waals surface area (Å²) >= 11 is 3.32. The normalized spacial score (nSPS) is 12.7. The predicted molar refractivity (Wildman–Crippen MR) is 110 cm³/mol. The Morgan fingerprint density at radius 3 is 2.26 bits per heavy atom. The summed E-state index contributed by atoms with van der Waals surface area (Å²) in [6, 6.07) is 11.1. The van der Waals surface area contributed by atoms with Crippen molar-refractivity contribution < 1.29 is 17.9 Å². The minimum absolute atomic E-state index is 0.0134. The second-order valence-electron chi connectivity index (χ2n) is 6.40. The molecule has 0 heterocycles. The molecule has 0 saturated heterocycles. The molecular weight excluding hydrogens is 432 g/mol. The first-order chi connectivity index (χ1) is 12.6. The number of nitrogens with one attached hydrogen (secondary N) is 2. The minimum Gasteiger partial charge on any atom is -0.495 e. The van der Waals surface area contributed by atoms with Crippen LogP contribution >= 0.6 is 15.9 Å².